The Labute approximate surface area is 99.5 Å². The zero-order valence-electron chi connectivity index (χ0n) is 9.43. The molecule has 1 aliphatic rings. The van der Waals surface area contributed by atoms with Gasteiger partial charge in [0.05, 0.1) is 17.7 Å². The van der Waals surface area contributed by atoms with Crippen LogP contribution in [0.2, 0.25) is 0 Å². The topological polar surface area (TPSA) is 59.2 Å². The normalized spacial score (nSPS) is 24.6. The SMILES string of the molecule is CN(Cc1cscn1)C(=O)C1CCC(N)C1. The van der Waals surface area contributed by atoms with Crippen LogP contribution in [0.1, 0.15) is 25.0 Å². The molecule has 1 saturated carbocycles. The molecule has 1 aliphatic carbocycles. The van der Waals surface area contributed by atoms with Gasteiger partial charge in [0.25, 0.3) is 0 Å². The molecule has 0 aromatic carbocycles. The summed E-state index contributed by atoms with van der Waals surface area (Å²) in [5, 5.41) is 1.98. The van der Waals surface area contributed by atoms with Crippen LogP contribution < -0.4 is 5.73 Å². The minimum Gasteiger partial charge on any atom is -0.340 e. The van der Waals surface area contributed by atoms with Gasteiger partial charge in [-0.05, 0) is 19.3 Å². The fraction of sp³-hybridized carbons (Fsp3) is 0.636. The van der Waals surface area contributed by atoms with Gasteiger partial charge >= 0.3 is 0 Å². The van der Waals surface area contributed by atoms with Crippen LogP contribution in [0.25, 0.3) is 0 Å². The van der Waals surface area contributed by atoms with Crippen LogP contribution in [-0.4, -0.2) is 28.9 Å². The third kappa shape index (κ3) is 2.59. The smallest absolute Gasteiger partial charge is 0.225 e. The molecule has 1 aromatic heterocycles. The van der Waals surface area contributed by atoms with E-state index in [0.717, 1.165) is 25.0 Å². The van der Waals surface area contributed by atoms with Gasteiger partial charge in [0.15, 0.2) is 0 Å². The Bertz CT molecular complexity index is 352. The van der Waals surface area contributed by atoms with Gasteiger partial charge in [-0.1, -0.05) is 0 Å². The third-order valence-electron chi connectivity index (χ3n) is 3.08. The summed E-state index contributed by atoms with van der Waals surface area (Å²) in [6.07, 6.45) is 2.74. The number of carbonyl (C=O) groups excluding carboxylic acids is 1. The first-order valence-electron chi connectivity index (χ1n) is 5.54. The van der Waals surface area contributed by atoms with Crippen LogP contribution in [0, 0.1) is 5.92 Å². The summed E-state index contributed by atoms with van der Waals surface area (Å²) in [4.78, 5) is 18.0. The van der Waals surface area contributed by atoms with Crippen molar-refractivity contribution in [3.63, 3.8) is 0 Å². The number of aromatic nitrogens is 1. The van der Waals surface area contributed by atoms with Crippen molar-refractivity contribution in [2.24, 2.45) is 11.7 Å². The van der Waals surface area contributed by atoms with E-state index in [0.29, 0.717) is 6.54 Å². The summed E-state index contributed by atoms with van der Waals surface area (Å²) >= 11 is 1.56. The highest BCUT2D eigenvalue weighted by atomic mass is 32.1. The number of amides is 1. The molecule has 88 valence electrons. The lowest BCUT2D eigenvalue weighted by Gasteiger charge is -2.20. The standard InChI is InChI=1S/C11H17N3OS/c1-14(5-10-6-16-7-13-10)11(15)8-2-3-9(12)4-8/h6-9H,2-5,12H2,1H3. The molecule has 1 amide bonds. The first-order valence-corrected chi connectivity index (χ1v) is 6.48. The van der Waals surface area contributed by atoms with E-state index < -0.39 is 0 Å². The number of nitrogens with two attached hydrogens (primary N) is 1. The van der Waals surface area contributed by atoms with Gasteiger partial charge in [0, 0.05) is 24.4 Å². The van der Waals surface area contributed by atoms with E-state index >= 15 is 0 Å². The van der Waals surface area contributed by atoms with Gasteiger partial charge in [-0.3, -0.25) is 4.79 Å². The molecule has 0 bridgehead atoms. The summed E-state index contributed by atoms with van der Waals surface area (Å²) in [6, 6.07) is 0.210. The fourth-order valence-corrected chi connectivity index (χ4v) is 2.74. The van der Waals surface area contributed by atoms with Crippen LogP contribution in [-0.2, 0) is 11.3 Å². The molecule has 0 radical (unpaired) electrons. The van der Waals surface area contributed by atoms with Crippen molar-refractivity contribution in [1.82, 2.24) is 9.88 Å². The molecule has 1 heterocycles. The van der Waals surface area contributed by atoms with Gasteiger partial charge in [-0.2, -0.15) is 0 Å². The van der Waals surface area contributed by atoms with Crippen molar-refractivity contribution in [2.75, 3.05) is 7.05 Å². The van der Waals surface area contributed by atoms with E-state index in [1.165, 1.54) is 0 Å². The predicted molar refractivity (Wildman–Crippen MR) is 63.9 cm³/mol. The van der Waals surface area contributed by atoms with Gasteiger partial charge in [0.2, 0.25) is 5.91 Å². The van der Waals surface area contributed by atoms with Gasteiger partial charge < -0.3 is 10.6 Å². The summed E-state index contributed by atoms with van der Waals surface area (Å²) in [5.74, 6) is 0.333. The lowest BCUT2D eigenvalue weighted by molar-refractivity contribution is -0.134. The van der Waals surface area contributed by atoms with E-state index in [4.69, 9.17) is 5.73 Å². The lowest BCUT2D eigenvalue weighted by atomic mass is 10.1. The Hall–Kier alpha value is -0.940. The number of nitrogens with zero attached hydrogens (tertiary/aromatic N) is 2. The van der Waals surface area contributed by atoms with Crippen LogP contribution in [0.4, 0.5) is 0 Å². The van der Waals surface area contributed by atoms with Crippen molar-refractivity contribution < 1.29 is 4.79 Å². The minimum atomic E-state index is 0.124. The molecule has 1 aromatic rings. The number of thiazole rings is 1. The largest absolute Gasteiger partial charge is 0.340 e. The molecule has 2 unspecified atom stereocenters. The maximum atomic E-state index is 12.1. The Kier molecular flexibility index (Phi) is 3.56. The molecule has 1 fully saturated rings. The summed E-state index contributed by atoms with van der Waals surface area (Å²) in [7, 11) is 1.84. The molecular formula is C11H17N3OS. The van der Waals surface area contributed by atoms with Crippen molar-refractivity contribution in [1.29, 1.82) is 0 Å². The summed E-state index contributed by atoms with van der Waals surface area (Å²) in [5.41, 5.74) is 8.57. The van der Waals surface area contributed by atoms with E-state index in [9.17, 15) is 4.79 Å². The van der Waals surface area contributed by atoms with Crippen molar-refractivity contribution in [3.8, 4) is 0 Å². The molecule has 5 heteroatoms. The van der Waals surface area contributed by atoms with Crippen molar-refractivity contribution in [3.05, 3.63) is 16.6 Å². The second-order valence-electron chi connectivity index (χ2n) is 4.44. The van der Waals surface area contributed by atoms with Crippen LogP contribution >= 0.6 is 11.3 Å². The number of hydrogen-bond donors (Lipinski definition) is 1. The summed E-state index contributed by atoms with van der Waals surface area (Å²) in [6.45, 7) is 0.605. The Morgan fingerprint density at radius 2 is 2.50 bits per heavy atom. The molecule has 16 heavy (non-hydrogen) atoms. The highest BCUT2D eigenvalue weighted by Gasteiger charge is 2.29. The average Bonchev–Trinajstić information content (AvgIpc) is 2.88. The minimum absolute atomic E-state index is 0.124. The molecular weight excluding hydrogens is 222 g/mol. The average molecular weight is 239 g/mol. The molecule has 2 rings (SSSR count). The Morgan fingerprint density at radius 1 is 1.69 bits per heavy atom. The number of hydrogen-bond acceptors (Lipinski definition) is 4. The Morgan fingerprint density at radius 3 is 3.06 bits per heavy atom. The highest BCUT2D eigenvalue weighted by Crippen LogP contribution is 2.26. The maximum Gasteiger partial charge on any atom is 0.225 e. The number of carbonyl (C=O) groups is 1. The molecule has 0 spiro atoms. The quantitative estimate of drug-likeness (QED) is 0.863. The molecule has 2 atom stereocenters. The predicted octanol–water partition coefficient (Wildman–Crippen LogP) is 1.23. The van der Waals surface area contributed by atoms with Crippen molar-refractivity contribution in [2.45, 2.75) is 31.8 Å². The van der Waals surface area contributed by atoms with Crippen molar-refractivity contribution >= 4 is 17.2 Å². The fourth-order valence-electron chi connectivity index (χ4n) is 2.19. The highest BCUT2D eigenvalue weighted by molar-refractivity contribution is 7.07. The Balaban J connectivity index is 1.89. The van der Waals surface area contributed by atoms with Gasteiger partial charge in [0.1, 0.15) is 0 Å². The van der Waals surface area contributed by atoms with Gasteiger partial charge in [-0.15, -0.1) is 11.3 Å². The second kappa shape index (κ2) is 4.93. The van der Waals surface area contributed by atoms with E-state index in [1.54, 1.807) is 21.7 Å². The number of rotatable bonds is 3. The molecule has 4 nitrogen and oxygen atoms in total. The van der Waals surface area contributed by atoms with Crippen LogP contribution in [0.15, 0.2) is 10.9 Å². The van der Waals surface area contributed by atoms with Gasteiger partial charge in [-0.25, -0.2) is 4.98 Å². The zero-order chi connectivity index (χ0) is 11.5. The zero-order valence-corrected chi connectivity index (χ0v) is 10.2. The first kappa shape index (κ1) is 11.5. The monoisotopic (exact) mass is 239 g/mol. The molecule has 2 N–H and O–H groups in total. The maximum absolute atomic E-state index is 12.1. The van der Waals surface area contributed by atoms with Crippen LogP contribution in [0.5, 0.6) is 0 Å². The molecule has 0 saturated heterocycles. The van der Waals surface area contributed by atoms with E-state index in [2.05, 4.69) is 4.98 Å². The first-order chi connectivity index (χ1) is 7.66. The molecule has 0 aliphatic heterocycles. The lowest BCUT2D eigenvalue weighted by Crippen LogP contribution is -2.32. The summed E-state index contributed by atoms with van der Waals surface area (Å²) < 4.78 is 0. The van der Waals surface area contributed by atoms with Crippen LogP contribution in [0.3, 0.4) is 0 Å². The van der Waals surface area contributed by atoms with E-state index in [1.807, 2.05) is 12.4 Å². The third-order valence-corrected chi connectivity index (χ3v) is 3.72. The van der Waals surface area contributed by atoms with E-state index in [-0.39, 0.29) is 17.9 Å². The second-order valence-corrected chi connectivity index (χ2v) is 5.16.